The van der Waals surface area contributed by atoms with E-state index in [1.807, 2.05) is 26.8 Å². The zero-order chi connectivity index (χ0) is 21.0. The van der Waals surface area contributed by atoms with Crippen LogP contribution in [0.2, 0.25) is 0 Å². The predicted molar refractivity (Wildman–Crippen MR) is 104 cm³/mol. The Balaban J connectivity index is 1.46. The molecule has 2 aromatic rings. The molecular weight excluding hydrogens is 374 g/mol. The molecule has 2 heterocycles. The van der Waals surface area contributed by atoms with E-state index in [1.54, 1.807) is 12.1 Å². The van der Waals surface area contributed by atoms with E-state index in [0.717, 1.165) is 25.7 Å². The van der Waals surface area contributed by atoms with E-state index in [2.05, 4.69) is 10.3 Å². The van der Waals surface area contributed by atoms with Gasteiger partial charge in [-0.2, -0.15) is 5.26 Å². The summed E-state index contributed by atoms with van der Waals surface area (Å²) >= 11 is 0. The highest BCUT2D eigenvalue weighted by Gasteiger charge is 2.26. The minimum absolute atomic E-state index is 0.0136. The number of nitrogens with one attached hydrogen (secondary N) is 1. The molecule has 1 aliphatic rings. The van der Waals surface area contributed by atoms with Crippen LogP contribution in [-0.4, -0.2) is 41.2 Å². The molecule has 1 saturated carbocycles. The lowest BCUT2D eigenvalue weighted by molar-refractivity contribution is -0.162. The van der Waals surface area contributed by atoms with Crippen LogP contribution < -0.4 is 5.32 Å². The third-order valence-corrected chi connectivity index (χ3v) is 4.59. The average Bonchev–Trinajstić information content (AvgIpc) is 3.09. The van der Waals surface area contributed by atoms with Crippen LogP contribution in [0.1, 0.15) is 62.6 Å². The van der Waals surface area contributed by atoms with E-state index >= 15 is 0 Å². The summed E-state index contributed by atoms with van der Waals surface area (Å²) in [5, 5.41) is 12.5. The maximum absolute atomic E-state index is 12.5. The zero-order valence-electron chi connectivity index (χ0n) is 16.9. The maximum Gasteiger partial charge on any atom is 0.332 e. The van der Waals surface area contributed by atoms with Crippen LogP contribution >= 0.6 is 0 Å². The lowest BCUT2D eigenvalue weighted by Gasteiger charge is -2.29. The van der Waals surface area contributed by atoms with Gasteiger partial charge in [0, 0.05) is 17.6 Å². The fraction of sp³-hybridized carbons (Fsp3) is 0.524. The number of carbonyl (C=O) groups excluding carboxylic acids is 2. The molecule has 0 spiro atoms. The van der Waals surface area contributed by atoms with Gasteiger partial charge >= 0.3 is 5.97 Å². The number of fused-ring (bicyclic) bond motifs is 1. The first-order chi connectivity index (χ1) is 13.7. The minimum atomic E-state index is -0.523. The van der Waals surface area contributed by atoms with E-state index in [4.69, 9.17) is 19.2 Å². The average molecular weight is 399 g/mol. The second-order valence-electron chi connectivity index (χ2n) is 8.19. The molecule has 0 aromatic carbocycles. The Morgan fingerprint density at radius 2 is 2.00 bits per heavy atom. The third kappa shape index (κ3) is 5.78. The van der Waals surface area contributed by atoms with Crippen LogP contribution in [0.5, 0.6) is 0 Å². The van der Waals surface area contributed by atoms with Crippen molar-refractivity contribution in [2.45, 2.75) is 64.2 Å². The molecule has 2 aromatic heterocycles. The van der Waals surface area contributed by atoms with E-state index in [9.17, 15) is 9.59 Å². The molecule has 8 nitrogen and oxygen atoms in total. The molecular formula is C21H25N3O5. The Labute approximate surface area is 169 Å². The van der Waals surface area contributed by atoms with Gasteiger partial charge in [0.2, 0.25) is 5.71 Å². The van der Waals surface area contributed by atoms with E-state index < -0.39 is 5.60 Å². The number of amides is 1. The number of ether oxygens (including phenoxy) is 2. The molecule has 1 fully saturated rings. The molecule has 8 heteroatoms. The standard InChI is InChI=1S/C21H25N3O5/c1-21(2,3)29-18(25)12-27-16-6-4-15(5-7-16)24-19(26)17-9-14-8-13(10-22)11-23-20(14)28-17/h8-9,11,15-16H,4-7,12H2,1-3H3,(H,24,26)/t15-,16-. The topological polar surface area (TPSA) is 114 Å². The highest BCUT2D eigenvalue weighted by atomic mass is 16.6. The SMILES string of the molecule is CC(C)(C)OC(=O)CO[C@H]1CC[C@H](NC(=O)c2cc3cc(C#N)cnc3o2)CC1. The normalized spacial score (nSPS) is 19.5. The van der Waals surface area contributed by atoms with Gasteiger partial charge in [0.1, 0.15) is 18.3 Å². The van der Waals surface area contributed by atoms with E-state index in [1.165, 1.54) is 6.20 Å². The summed E-state index contributed by atoms with van der Waals surface area (Å²) in [6, 6.07) is 5.25. The van der Waals surface area contributed by atoms with Crippen LogP contribution in [0.4, 0.5) is 0 Å². The van der Waals surface area contributed by atoms with Crippen molar-refractivity contribution in [3.8, 4) is 6.07 Å². The van der Waals surface area contributed by atoms with E-state index in [0.29, 0.717) is 16.7 Å². The summed E-state index contributed by atoms with van der Waals surface area (Å²) in [4.78, 5) is 28.3. The van der Waals surface area contributed by atoms with Crippen molar-refractivity contribution >= 4 is 23.0 Å². The summed E-state index contributed by atoms with van der Waals surface area (Å²) < 4.78 is 16.4. The van der Waals surface area contributed by atoms with Gasteiger partial charge in [-0.3, -0.25) is 4.79 Å². The molecule has 1 N–H and O–H groups in total. The Hall–Kier alpha value is -2.92. The van der Waals surface area contributed by atoms with Gasteiger partial charge < -0.3 is 19.2 Å². The van der Waals surface area contributed by atoms with Crippen LogP contribution in [0.15, 0.2) is 22.7 Å². The first kappa shape index (κ1) is 20.8. The Morgan fingerprint density at radius 3 is 2.66 bits per heavy atom. The molecule has 0 atom stereocenters. The Bertz CT molecular complexity index is 930. The number of hydrogen-bond donors (Lipinski definition) is 1. The third-order valence-electron chi connectivity index (χ3n) is 4.59. The molecule has 1 aliphatic carbocycles. The van der Waals surface area contributed by atoms with Crippen LogP contribution in [0.25, 0.3) is 11.1 Å². The van der Waals surface area contributed by atoms with Gasteiger partial charge in [-0.05, 0) is 58.6 Å². The summed E-state index contributed by atoms with van der Waals surface area (Å²) in [6.45, 7) is 5.40. The van der Waals surface area contributed by atoms with Crippen molar-refractivity contribution in [2.24, 2.45) is 0 Å². The van der Waals surface area contributed by atoms with Crippen molar-refractivity contribution in [3.05, 3.63) is 29.7 Å². The summed E-state index contributed by atoms with van der Waals surface area (Å²) in [5.41, 5.74) is 0.216. The Kier molecular flexibility index (Phi) is 6.18. The van der Waals surface area contributed by atoms with Gasteiger partial charge in [0.05, 0.1) is 11.7 Å². The molecule has 0 saturated heterocycles. The molecule has 154 valence electrons. The highest BCUT2D eigenvalue weighted by Crippen LogP contribution is 2.23. The molecule has 0 bridgehead atoms. The fourth-order valence-electron chi connectivity index (χ4n) is 3.29. The first-order valence-corrected chi connectivity index (χ1v) is 9.67. The largest absolute Gasteiger partial charge is 0.458 e. The fourth-order valence-corrected chi connectivity index (χ4v) is 3.29. The molecule has 0 radical (unpaired) electrons. The van der Waals surface area contributed by atoms with Gasteiger partial charge in [-0.1, -0.05) is 0 Å². The lowest BCUT2D eigenvalue weighted by atomic mass is 9.93. The van der Waals surface area contributed by atoms with E-state index in [-0.39, 0.29) is 36.4 Å². The number of nitriles is 1. The van der Waals surface area contributed by atoms with Crippen LogP contribution in [0, 0.1) is 11.3 Å². The van der Waals surface area contributed by atoms with Crippen molar-refractivity contribution in [1.29, 1.82) is 5.26 Å². The molecule has 0 unspecified atom stereocenters. The summed E-state index contributed by atoms with van der Waals surface area (Å²) in [5.74, 6) is -0.503. The first-order valence-electron chi connectivity index (χ1n) is 9.67. The summed E-state index contributed by atoms with van der Waals surface area (Å²) in [7, 11) is 0. The van der Waals surface area contributed by atoms with Crippen molar-refractivity contribution in [1.82, 2.24) is 10.3 Å². The molecule has 0 aliphatic heterocycles. The van der Waals surface area contributed by atoms with Crippen molar-refractivity contribution in [2.75, 3.05) is 6.61 Å². The number of carbonyl (C=O) groups is 2. The molecule has 29 heavy (non-hydrogen) atoms. The number of pyridine rings is 1. The quantitative estimate of drug-likeness (QED) is 0.768. The number of hydrogen-bond acceptors (Lipinski definition) is 7. The number of nitrogens with zero attached hydrogens (tertiary/aromatic N) is 2. The van der Waals surface area contributed by atoms with Crippen molar-refractivity contribution < 1.29 is 23.5 Å². The predicted octanol–water partition coefficient (Wildman–Crippen LogP) is 3.10. The van der Waals surface area contributed by atoms with Gasteiger partial charge in [-0.15, -0.1) is 0 Å². The number of aromatic nitrogens is 1. The van der Waals surface area contributed by atoms with Gasteiger partial charge in [0.25, 0.3) is 5.91 Å². The second kappa shape index (κ2) is 8.62. The highest BCUT2D eigenvalue weighted by molar-refractivity contribution is 5.95. The second-order valence-corrected chi connectivity index (χ2v) is 8.19. The number of rotatable bonds is 5. The number of furan rings is 1. The smallest absolute Gasteiger partial charge is 0.332 e. The molecule has 1 amide bonds. The van der Waals surface area contributed by atoms with Gasteiger partial charge in [-0.25, -0.2) is 9.78 Å². The maximum atomic E-state index is 12.5. The van der Waals surface area contributed by atoms with Gasteiger partial charge in [0.15, 0.2) is 5.76 Å². The summed E-state index contributed by atoms with van der Waals surface area (Å²) in [6.07, 6.45) is 4.40. The van der Waals surface area contributed by atoms with Crippen molar-refractivity contribution in [3.63, 3.8) is 0 Å². The zero-order valence-corrected chi connectivity index (χ0v) is 16.9. The van der Waals surface area contributed by atoms with Crippen LogP contribution in [0.3, 0.4) is 0 Å². The monoisotopic (exact) mass is 399 g/mol. The minimum Gasteiger partial charge on any atom is -0.458 e. The lowest BCUT2D eigenvalue weighted by Crippen LogP contribution is -2.39. The van der Waals surface area contributed by atoms with Crippen LogP contribution in [-0.2, 0) is 14.3 Å². The Morgan fingerprint density at radius 1 is 1.28 bits per heavy atom. The number of esters is 1. The molecule has 3 rings (SSSR count).